The van der Waals surface area contributed by atoms with E-state index in [1.807, 2.05) is 0 Å². The smallest absolute Gasteiger partial charge is 0.411 e. The van der Waals surface area contributed by atoms with E-state index in [1.54, 1.807) is 20.8 Å². The Morgan fingerprint density at radius 3 is 2.27 bits per heavy atom. The molecule has 8 nitrogen and oxygen atoms in total. The van der Waals surface area contributed by atoms with Crippen LogP contribution in [0.3, 0.4) is 0 Å². The van der Waals surface area contributed by atoms with Gasteiger partial charge in [0.25, 0.3) is 10.1 Å². The molecule has 1 fully saturated rings. The Labute approximate surface area is 130 Å². The first-order chi connectivity index (χ1) is 9.93. The zero-order valence-electron chi connectivity index (χ0n) is 13.5. The van der Waals surface area contributed by atoms with Crippen LogP contribution < -0.4 is 0 Å². The number of amides is 1. The van der Waals surface area contributed by atoms with Crippen molar-refractivity contribution in [3.63, 3.8) is 0 Å². The molecule has 0 N–H and O–H groups in total. The molecule has 0 aromatic rings. The molecule has 9 heteroatoms. The Morgan fingerprint density at radius 2 is 1.82 bits per heavy atom. The van der Waals surface area contributed by atoms with Crippen LogP contribution in [-0.2, 0) is 28.6 Å². The molecule has 0 saturated carbocycles. The maximum atomic E-state index is 12.2. The third-order valence-electron chi connectivity index (χ3n) is 2.97. The van der Waals surface area contributed by atoms with Gasteiger partial charge < -0.3 is 9.47 Å². The van der Waals surface area contributed by atoms with Crippen molar-refractivity contribution >= 4 is 22.2 Å². The summed E-state index contributed by atoms with van der Waals surface area (Å²) in [6, 6.07) is -0.930. The second-order valence-corrected chi connectivity index (χ2v) is 7.76. The number of esters is 1. The molecule has 0 aromatic carbocycles. The molecule has 0 aromatic heterocycles. The second kappa shape index (κ2) is 6.82. The van der Waals surface area contributed by atoms with Crippen molar-refractivity contribution in [1.82, 2.24) is 4.90 Å². The fourth-order valence-electron chi connectivity index (χ4n) is 2.17. The highest BCUT2D eigenvalue weighted by Gasteiger charge is 2.40. The van der Waals surface area contributed by atoms with E-state index in [9.17, 15) is 18.0 Å². The van der Waals surface area contributed by atoms with Gasteiger partial charge in [0.2, 0.25) is 0 Å². The molecular formula is C13H23NO7S. The lowest BCUT2D eigenvalue weighted by molar-refractivity contribution is -0.149. The van der Waals surface area contributed by atoms with Crippen LogP contribution in [-0.4, -0.2) is 63.0 Å². The minimum atomic E-state index is -3.63. The summed E-state index contributed by atoms with van der Waals surface area (Å²) in [5, 5.41) is 0. The first kappa shape index (κ1) is 18.7. The van der Waals surface area contributed by atoms with Gasteiger partial charge in [-0.05, 0) is 27.2 Å². The van der Waals surface area contributed by atoms with Crippen LogP contribution in [0.1, 0.15) is 33.6 Å². The minimum Gasteiger partial charge on any atom is -0.467 e. The summed E-state index contributed by atoms with van der Waals surface area (Å²) in [5.41, 5.74) is -0.697. The molecule has 0 aliphatic carbocycles. The van der Waals surface area contributed by atoms with E-state index < -0.39 is 39.9 Å². The lowest BCUT2D eigenvalue weighted by atomic mass is 10.00. The summed E-state index contributed by atoms with van der Waals surface area (Å²) in [6.45, 7) is 5.31. The molecule has 0 bridgehead atoms. The minimum absolute atomic E-state index is 0.0407. The van der Waals surface area contributed by atoms with Gasteiger partial charge in [0.05, 0.1) is 19.5 Å². The van der Waals surface area contributed by atoms with Gasteiger partial charge in [-0.25, -0.2) is 9.59 Å². The van der Waals surface area contributed by atoms with Crippen LogP contribution in [0.15, 0.2) is 0 Å². The van der Waals surface area contributed by atoms with Crippen LogP contribution in [0.25, 0.3) is 0 Å². The first-order valence-electron chi connectivity index (χ1n) is 6.88. The van der Waals surface area contributed by atoms with Gasteiger partial charge in [-0.2, -0.15) is 8.42 Å². The van der Waals surface area contributed by atoms with Crippen molar-refractivity contribution in [2.45, 2.75) is 51.4 Å². The summed E-state index contributed by atoms with van der Waals surface area (Å²) in [5.74, 6) is -0.632. The largest absolute Gasteiger partial charge is 0.467 e. The van der Waals surface area contributed by atoms with Crippen LogP contribution in [0.4, 0.5) is 4.79 Å². The number of nitrogens with zero attached hydrogens (tertiary/aromatic N) is 1. The van der Waals surface area contributed by atoms with Gasteiger partial charge in [-0.3, -0.25) is 9.08 Å². The van der Waals surface area contributed by atoms with Crippen molar-refractivity contribution < 1.29 is 31.7 Å². The van der Waals surface area contributed by atoms with Gasteiger partial charge >= 0.3 is 12.1 Å². The highest BCUT2D eigenvalue weighted by Crippen LogP contribution is 2.24. The zero-order valence-corrected chi connectivity index (χ0v) is 14.3. The van der Waals surface area contributed by atoms with E-state index in [1.165, 1.54) is 12.0 Å². The fraction of sp³-hybridized carbons (Fsp3) is 0.846. The summed E-state index contributed by atoms with van der Waals surface area (Å²) >= 11 is 0. The Morgan fingerprint density at radius 1 is 1.23 bits per heavy atom. The maximum absolute atomic E-state index is 12.2. The third-order valence-corrected chi connectivity index (χ3v) is 3.59. The van der Waals surface area contributed by atoms with Crippen molar-refractivity contribution in [3.8, 4) is 0 Å². The number of ether oxygens (including phenoxy) is 2. The van der Waals surface area contributed by atoms with Gasteiger partial charge in [0.15, 0.2) is 0 Å². The molecule has 0 spiro atoms. The SMILES string of the molecule is COC(=O)C1CC(OS(C)(=O)=O)CCN1C(=O)OC(C)(C)C. The predicted octanol–water partition coefficient (Wildman–Crippen LogP) is 0.904. The van der Waals surface area contributed by atoms with Crippen molar-refractivity contribution in [2.75, 3.05) is 19.9 Å². The van der Waals surface area contributed by atoms with Crippen LogP contribution in [0.5, 0.6) is 0 Å². The second-order valence-electron chi connectivity index (χ2n) is 6.16. The molecule has 128 valence electrons. The topological polar surface area (TPSA) is 99.2 Å². The summed E-state index contributed by atoms with van der Waals surface area (Å²) in [4.78, 5) is 25.3. The fourth-order valence-corrected chi connectivity index (χ4v) is 2.84. The van der Waals surface area contributed by atoms with Crippen molar-refractivity contribution in [2.24, 2.45) is 0 Å². The van der Waals surface area contributed by atoms with Gasteiger partial charge in [0.1, 0.15) is 11.6 Å². The molecule has 0 radical (unpaired) electrons. The van der Waals surface area contributed by atoms with Crippen molar-refractivity contribution in [3.05, 3.63) is 0 Å². The number of methoxy groups -OCH3 is 1. The molecule has 1 aliphatic rings. The van der Waals surface area contributed by atoms with E-state index in [0.29, 0.717) is 6.42 Å². The Bertz CT molecular complexity index is 523. The Kier molecular flexibility index (Phi) is 5.80. The molecule has 1 aliphatic heterocycles. The standard InChI is InChI=1S/C13H23NO7S/c1-13(2,3)20-12(16)14-7-6-9(21-22(5,17)18)8-10(14)11(15)19-4/h9-10H,6-8H2,1-5H3. The van der Waals surface area contributed by atoms with Crippen LogP contribution in [0, 0.1) is 0 Å². The number of piperidine rings is 1. The highest BCUT2D eigenvalue weighted by molar-refractivity contribution is 7.86. The molecule has 2 atom stereocenters. The average molecular weight is 337 g/mol. The van der Waals surface area contributed by atoms with Crippen LogP contribution in [0.2, 0.25) is 0 Å². The van der Waals surface area contributed by atoms with E-state index in [-0.39, 0.29) is 13.0 Å². The van der Waals surface area contributed by atoms with Crippen LogP contribution >= 0.6 is 0 Å². The lowest BCUT2D eigenvalue weighted by Gasteiger charge is -2.37. The van der Waals surface area contributed by atoms with E-state index in [4.69, 9.17) is 8.92 Å². The maximum Gasteiger partial charge on any atom is 0.411 e. The van der Waals surface area contributed by atoms with E-state index in [2.05, 4.69) is 4.74 Å². The molecule has 1 saturated heterocycles. The Hall–Kier alpha value is -1.35. The average Bonchev–Trinajstić information content (AvgIpc) is 2.33. The molecule has 2 unspecified atom stereocenters. The predicted molar refractivity (Wildman–Crippen MR) is 77.7 cm³/mol. The molecular weight excluding hydrogens is 314 g/mol. The van der Waals surface area contributed by atoms with Gasteiger partial charge in [-0.15, -0.1) is 0 Å². The number of carbonyl (C=O) groups excluding carboxylic acids is 2. The van der Waals surface area contributed by atoms with Gasteiger partial charge in [-0.1, -0.05) is 0 Å². The van der Waals surface area contributed by atoms with E-state index >= 15 is 0 Å². The lowest BCUT2D eigenvalue weighted by Crippen LogP contribution is -2.53. The number of hydrogen-bond donors (Lipinski definition) is 0. The highest BCUT2D eigenvalue weighted by atomic mass is 32.2. The molecule has 22 heavy (non-hydrogen) atoms. The number of likely N-dealkylation sites (tertiary alicyclic amines) is 1. The zero-order chi connectivity index (χ0) is 17.1. The first-order valence-corrected chi connectivity index (χ1v) is 8.70. The molecule has 1 amide bonds. The normalized spacial score (nSPS) is 23.0. The Balaban J connectivity index is 2.86. The molecule has 1 rings (SSSR count). The van der Waals surface area contributed by atoms with E-state index in [0.717, 1.165) is 6.26 Å². The number of hydrogen-bond acceptors (Lipinski definition) is 7. The molecule has 1 heterocycles. The summed E-state index contributed by atoms with van der Waals surface area (Å²) in [7, 11) is -2.43. The third kappa shape index (κ3) is 5.80. The van der Waals surface area contributed by atoms with Crippen molar-refractivity contribution in [1.29, 1.82) is 0 Å². The monoisotopic (exact) mass is 337 g/mol. The number of carbonyl (C=O) groups is 2. The van der Waals surface area contributed by atoms with Gasteiger partial charge in [0, 0.05) is 13.0 Å². The summed E-state index contributed by atoms with van der Waals surface area (Å²) in [6.07, 6.45) is -0.0300. The summed E-state index contributed by atoms with van der Waals surface area (Å²) < 4.78 is 37.3. The number of rotatable bonds is 3. The quantitative estimate of drug-likeness (QED) is 0.557.